The van der Waals surface area contributed by atoms with Gasteiger partial charge >= 0.3 is 0 Å². The molecule has 0 radical (unpaired) electrons. The van der Waals surface area contributed by atoms with Crippen molar-refractivity contribution in [2.75, 3.05) is 27.2 Å². The molecule has 0 heterocycles. The van der Waals surface area contributed by atoms with Crippen LogP contribution in [0.2, 0.25) is 0 Å². The van der Waals surface area contributed by atoms with E-state index in [1.165, 1.54) is 37.8 Å². The van der Waals surface area contributed by atoms with Crippen molar-refractivity contribution in [3.63, 3.8) is 0 Å². The topological polar surface area (TPSA) is 15.3 Å². The van der Waals surface area contributed by atoms with Gasteiger partial charge in [0.05, 0.1) is 0 Å². The molecule has 0 unspecified atom stereocenters. The van der Waals surface area contributed by atoms with E-state index < -0.39 is 11.6 Å². The molecular formula is C17H28F2N2. The van der Waals surface area contributed by atoms with Gasteiger partial charge in [-0.05, 0) is 64.6 Å². The monoisotopic (exact) mass is 298 g/mol. The van der Waals surface area contributed by atoms with Crippen LogP contribution < -0.4 is 5.32 Å². The number of benzene rings is 1. The highest BCUT2D eigenvalue weighted by atomic mass is 19.1. The molecule has 0 aliphatic heterocycles. The van der Waals surface area contributed by atoms with Gasteiger partial charge < -0.3 is 10.2 Å². The normalized spacial score (nSPS) is 12.9. The second-order valence-electron chi connectivity index (χ2n) is 5.95. The number of unbranched alkanes of at least 4 members (excludes halogenated alkanes) is 4. The quantitative estimate of drug-likeness (QED) is 0.653. The average Bonchev–Trinajstić information content (AvgIpc) is 2.40. The van der Waals surface area contributed by atoms with Gasteiger partial charge in [0.2, 0.25) is 0 Å². The maximum atomic E-state index is 13.1. The molecule has 0 spiro atoms. The number of hydrogen-bond donors (Lipinski definition) is 1. The summed E-state index contributed by atoms with van der Waals surface area (Å²) in [5.41, 5.74) is 0.665. The highest BCUT2D eigenvalue weighted by Gasteiger charge is 2.07. The predicted octanol–water partition coefficient (Wildman–Crippen LogP) is 4.13. The molecule has 1 rings (SSSR count). The zero-order chi connectivity index (χ0) is 15.7. The van der Waals surface area contributed by atoms with Crippen LogP contribution in [0.25, 0.3) is 0 Å². The van der Waals surface area contributed by atoms with Gasteiger partial charge in [0, 0.05) is 12.1 Å². The number of nitrogens with one attached hydrogen (secondary N) is 1. The molecule has 120 valence electrons. The van der Waals surface area contributed by atoms with Crippen molar-refractivity contribution in [2.45, 2.75) is 45.1 Å². The third-order valence-corrected chi connectivity index (χ3v) is 3.62. The first-order valence-corrected chi connectivity index (χ1v) is 7.83. The Hall–Kier alpha value is -1.00. The Balaban J connectivity index is 2.12. The van der Waals surface area contributed by atoms with Crippen molar-refractivity contribution in [2.24, 2.45) is 0 Å². The molecule has 1 atom stereocenters. The molecule has 0 bridgehead atoms. The maximum Gasteiger partial charge on any atom is 0.126 e. The summed E-state index contributed by atoms with van der Waals surface area (Å²) in [4.78, 5) is 2.21. The summed E-state index contributed by atoms with van der Waals surface area (Å²) < 4.78 is 26.3. The Morgan fingerprint density at radius 2 is 1.52 bits per heavy atom. The second-order valence-corrected chi connectivity index (χ2v) is 5.95. The summed E-state index contributed by atoms with van der Waals surface area (Å²) in [6, 6.07) is 3.66. The maximum absolute atomic E-state index is 13.1. The Morgan fingerprint density at radius 3 is 2.14 bits per heavy atom. The highest BCUT2D eigenvalue weighted by molar-refractivity contribution is 5.20. The van der Waals surface area contributed by atoms with Crippen LogP contribution in [-0.2, 0) is 0 Å². The molecule has 1 N–H and O–H groups in total. The van der Waals surface area contributed by atoms with Crippen LogP contribution in [0.5, 0.6) is 0 Å². The van der Waals surface area contributed by atoms with Crippen LogP contribution in [0.4, 0.5) is 8.78 Å². The predicted molar refractivity (Wildman–Crippen MR) is 84.4 cm³/mol. The molecular weight excluding hydrogens is 270 g/mol. The molecule has 0 saturated carbocycles. The number of rotatable bonds is 10. The minimum Gasteiger partial charge on any atom is -0.310 e. The van der Waals surface area contributed by atoms with Crippen LogP contribution >= 0.6 is 0 Å². The lowest BCUT2D eigenvalue weighted by atomic mass is 10.1. The van der Waals surface area contributed by atoms with Crippen molar-refractivity contribution >= 4 is 0 Å². The van der Waals surface area contributed by atoms with Crippen LogP contribution in [-0.4, -0.2) is 32.1 Å². The first-order valence-electron chi connectivity index (χ1n) is 7.83. The van der Waals surface area contributed by atoms with Crippen molar-refractivity contribution in [1.29, 1.82) is 0 Å². The third kappa shape index (κ3) is 8.12. The standard InChI is InChI=1S/C17H28F2N2/c1-14(15-11-16(18)13-17(19)12-15)20-9-7-5-4-6-8-10-21(2)3/h11-14,20H,4-10H2,1-3H3/t14-/m1/s1. The molecule has 0 saturated heterocycles. The lowest BCUT2D eigenvalue weighted by molar-refractivity contribution is 0.389. The van der Waals surface area contributed by atoms with Crippen molar-refractivity contribution < 1.29 is 8.78 Å². The zero-order valence-corrected chi connectivity index (χ0v) is 13.5. The van der Waals surface area contributed by atoms with Crippen molar-refractivity contribution in [1.82, 2.24) is 10.2 Å². The number of hydrogen-bond acceptors (Lipinski definition) is 2. The van der Waals surface area contributed by atoms with E-state index in [9.17, 15) is 8.78 Å². The summed E-state index contributed by atoms with van der Waals surface area (Å²) in [6.45, 7) is 3.97. The van der Waals surface area contributed by atoms with E-state index in [-0.39, 0.29) is 6.04 Å². The van der Waals surface area contributed by atoms with Gasteiger partial charge in [0.25, 0.3) is 0 Å². The summed E-state index contributed by atoms with van der Waals surface area (Å²) in [5.74, 6) is -1.03. The molecule has 4 heteroatoms. The van der Waals surface area contributed by atoms with E-state index in [4.69, 9.17) is 0 Å². The Morgan fingerprint density at radius 1 is 0.952 bits per heavy atom. The van der Waals surface area contributed by atoms with Crippen LogP contribution in [0.1, 0.15) is 50.6 Å². The van der Waals surface area contributed by atoms with Crippen molar-refractivity contribution in [3.05, 3.63) is 35.4 Å². The minimum absolute atomic E-state index is 0.0241. The SMILES string of the molecule is C[C@@H](NCCCCCCCN(C)C)c1cc(F)cc(F)c1. The fourth-order valence-corrected chi connectivity index (χ4v) is 2.34. The van der Waals surface area contributed by atoms with E-state index >= 15 is 0 Å². The smallest absolute Gasteiger partial charge is 0.126 e. The molecule has 21 heavy (non-hydrogen) atoms. The summed E-state index contributed by atoms with van der Waals surface area (Å²) >= 11 is 0. The van der Waals surface area contributed by atoms with Gasteiger partial charge in [-0.15, -0.1) is 0 Å². The average molecular weight is 298 g/mol. The van der Waals surface area contributed by atoms with Crippen LogP contribution in [0, 0.1) is 11.6 Å². The molecule has 0 fully saturated rings. The van der Waals surface area contributed by atoms with Gasteiger partial charge in [0.1, 0.15) is 11.6 Å². The largest absolute Gasteiger partial charge is 0.310 e. The molecule has 0 aromatic heterocycles. The van der Waals surface area contributed by atoms with E-state index in [1.807, 2.05) is 6.92 Å². The molecule has 0 amide bonds. The van der Waals surface area contributed by atoms with Gasteiger partial charge in [-0.3, -0.25) is 0 Å². The van der Waals surface area contributed by atoms with E-state index in [0.29, 0.717) is 5.56 Å². The molecule has 1 aromatic carbocycles. The molecule has 2 nitrogen and oxygen atoms in total. The fraction of sp³-hybridized carbons (Fsp3) is 0.647. The summed E-state index contributed by atoms with van der Waals surface area (Å²) in [5, 5.41) is 3.32. The van der Waals surface area contributed by atoms with Gasteiger partial charge in [0.15, 0.2) is 0 Å². The summed E-state index contributed by atoms with van der Waals surface area (Å²) in [7, 11) is 4.20. The molecule has 0 aliphatic rings. The van der Waals surface area contributed by atoms with E-state index in [1.54, 1.807) is 0 Å². The number of halogens is 2. The Bertz CT molecular complexity index is 388. The van der Waals surface area contributed by atoms with Gasteiger partial charge in [-0.1, -0.05) is 19.3 Å². The van der Waals surface area contributed by atoms with E-state index in [0.717, 1.165) is 25.6 Å². The summed E-state index contributed by atoms with van der Waals surface area (Å²) in [6.07, 6.45) is 6.06. The highest BCUT2D eigenvalue weighted by Crippen LogP contribution is 2.16. The first-order chi connectivity index (χ1) is 9.99. The first kappa shape index (κ1) is 18.1. The minimum atomic E-state index is -0.514. The second kappa shape index (κ2) is 9.85. The molecule has 0 aliphatic carbocycles. The Labute approximate surface area is 127 Å². The van der Waals surface area contributed by atoms with E-state index in [2.05, 4.69) is 24.3 Å². The zero-order valence-electron chi connectivity index (χ0n) is 13.5. The number of nitrogens with zero attached hydrogens (tertiary/aromatic N) is 1. The Kier molecular flexibility index (Phi) is 8.47. The van der Waals surface area contributed by atoms with Gasteiger partial charge in [-0.25, -0.2) is 8.78 Å². The fourth-order valence-electron chi connectivity index (χ4n) is 2.34. The molecule has 1 aromatic rings. The van der Waals surface area contributed by atoms with Crippen LogP contribution in [0.3, 0.4) is 0 Å². The van der Waals surface area contributed by atoms with Gasteiger partial charge in [-0.2, -0.15) is 0 Å². The lowest BCUT2D eigenvalue weighted by Gasteiger charge is -2.14. The lowest BCUT2D eigenvalue weighted by Crippen LogP contribution is -2.20. The third-order valence-electron chi connectivity index (χ3n) is 3.62. The van der Waals surface area contributed by atoms with Crippen molar-refractivity contribution in [3.8, 4) is 0 Å². The van der Waals surface area contributed by atoms with Crippen LogP contribution in [0.15, 0.2) is 18.2 Å².